The molecule has 1 saturated carbocycles. The third-order valence-corrected chi connectivity index (χ3v) is 9.76. The molecule has 2 bridgehead atoms. The van der Waals surface area contributed by atoms with Crippen LogP contribution in [0.4, 0.5) is 0 Å². The van der Waals surface area contributed by atoms with Gasteiger partial charge in [0.15, 0.2) is 35.4 Å². The minimum Gasteiger partial charge on any atom is -0.504 e. The number of phenols is 2. The lowest BCUT2D eigenvalue weighted by atomic mass is 9.52. The van der Waals surface area contributed by atoms with Crippen molar-refractivity contribution >= 4 is 11.9 Å². The third kappa shape index (κ3) is 5.84. The predicted octanol–water partition coefficient (Wildman–Crippen LogP) is -2.04. The van der Waals surface area contributed by atoms with Crippen molar-refractivity contribution in [3.05, 3.63) is 47.5 Å². The van der Waals surface area contributed by atoms with Gasteiger partial charge in [0.25, 0.3) is 0 Å². The van der Waals surface area contributed by atoms with Crippen molar-refractivity contribution in [3.8, 4) is 23.0 Å². The molecule has 8 N–H and O–H groups in total. The Balaban J connectivity index is 1.39. The standard InChI is InChI=1S/C32H38O17/c1-43-16-7-12(3-5-14(16)35)20-21(13-4-6-15(36)17(8-13)44-2)23-22(20)29(41)45-10-19-25(38)28(47-30(23)42)32(11-34,48-19)49-31-27(40)26(39)24(37)18(9-33)46-31/h3-8,18-28,31,33-40H,9-11H2,1-2H3. The first kappa shape index (κ1) is 35.1. The van der Waals surface area contributed by atoms with Crippen molar-refractivity contribution < 1.29 is 83.6 Å². The van der Waals surface area contributed by atoms with Crippen LogP contribution in [0.25, 0.3) is 0 Å². The normalized spacial score (nSPS) is 38.9. The highest BCUT2D eigenvalue weighted by atomic mass is 16.8. The van der Waals surface area contributed by atoms with Crippen molar-refractivity contribution in [2.45, 2.75) is 66.6 Å². The number of aliphatic hydroxyl groups excluding tert-OH is 6. The van der Waals surface area contributed by atoms with E-state index in [0.717, 1.165) is 0 Å². The van der Waals surface area contributed by atoms with Crippen molar-refractivity contribution in [1.82, 2.24) is 0 Å². The van der Waals surface area contributed by atoms with Gasteiger partial charge in [-0.1, -0.05) is 12.1 Å². The summed E-state index contributed by atoms with van der Waals surface area (Å²) in [7, 11) is 2.68. The number of phenolic OH excluding ortho intramolecular Hbond substituents is 2. The van der Waals surface area contributed by atoms with E-state index in [1.807, 2.05) is 0 Å². The lowest BCUT2D eigenvalue weighted by Gasteiger charge is -2.50. The molecule has 3 heterocycles. The Morgan fingerprint density at radius 2 is 1.35 bits per heavy atom. The van der Waals surface area contributed by atoms with Crippen molar-refractivity contribution in [3.63, 3.8) is 0 Å². The maximum atomic E-state index is 14.2. The molecule has 4 fully saturated rings. The molecule has 3 saturated heterocycles. The quantitative estimate of drug-likeness (QED) is 0.138. The van der Waals surface area contributed by atoms with E-state index in [1.165, 1.54) is 44.6 Å². The fourth-order valence-corrected chi connectivity index (χ4v) is 7.19. The molecule has 4 aliphatic rings. The first-order chi connectivity index (χ1) is 23.4. The zero-order chi connectivity index (χ0) is 35.4. The summed E-state index contributed by atoms with van der Waals surface area (Å²) < 4.78 is 39.0. The fourth-order valence-electron chi connectivity index (χ4n) is 7.19. The molecular formula is C32H38O17. The van der Waals surface area contributed by atoms with Gasteiger partial charge in [-0.15, -0.1) is 0 Å². The molecule has 1 aliphatic carbocycles. The van der Waals surface area contributed by atoms with Gasteiger partial charge in [0, 0.05) is 11.8 Å². The number of fused-ring (bicyclic) bond motifs is 3. The van der Waals surface area contributed by atoms with Crippen LogP contribution in [0.1, 0.15) is 23.0 Å². The first-order valence-corrected chi connectivity index (χ1v) is 15.5. The van der Waals surface area contributed by atoms with Crippen LogP contribution in [0.15, 0.2) is 36.4 Å². The SMILES string of the molecule is COc1cc(C2C3C(=O)OCC4OC(CO)(OC5OC(CO)C(O)C(O)C5O)C(OC(=O)C3C2c2ccc(O)c(OC)c2)C4O)ccc1O. The number of cyclic esters (lactones) is 1. The number of rotatable bonds is 8. The predicted molar refractivity (Wildman–Crippen MR) is 158 cm³/mol. The number of benzene rings is 2. The average molecular weight is 695 g/mol. The van der Waals surface area contributed by atoms with E-state index in [4.69, 9.17) is 33.2 Å². The van der Waals surface area contributed by atoms with E-state index in [2.05, 4.69) is 0 Å². The van der Waals surface area contributed by atoms with Crippen LogP contribution in [0.2, 0.25) is 0 Å². The summed E-state index contributed by atoms with van der Waals surface area (Å²) in [6.07, 6.45) is -13.8. The second kappa shape index (κ2) is 13.5. The molecular weight excluding hydrogens is 656 g/mol. The number of ether oxygens (including phenoxy) is 7. The zero-order valence-corrected chi connectivity index (χ0v) is 26.3. The highest BCUT2D eigenvalue weighted by Gasteiger charge is 2.65. The van der Waals surface area contributed by atoms with E-state index in [0.29, 0.717) is 11.1 Å². The van der Waals surface area contributed by atoms with Gasteiger partial charge in [0.05, 0.1) is 32.7 Å². The summed E-state index contributed by atoms with van der Waals surface area (Å²) in [6.45, 7) is -2.50. The van der Waals surface area contributed by atoms with Gasteiger partial charge < -0.3 is 74.0 Å². The number of carbonyl (C=O) groups is 2. The fraction of sp³-hybridized carbons (Fsp3) is 0.562. The Kier molecular flexibility index (Phi) is 9.66. The van der Waals surface area contributed by atoms with Gasteiger partial charge in [-0.3, -0.25) is 9.59 Å². The monoisotopic (exact) mass is 694 g/mol. The van der Waals surface area contributed by atoms with Crippen LogP contribution in [0.5, 0.6) is 23.0 Å². The summed E-state index contributed by atoms with van der Waals surface area (Å²) in [5.74, 6) is -8.62. The molecule has 6 rings (SSSR count). The van der Waals surface area contributed by atoms with Crippen molar-refractivity contribution in [2.75, 3.05) is 34.0 Å². The van der Waals surface area contributed by atoms with E-state index in [-0.39, 0.29) is 23.0 Å². The number of hydrogen-bond acceptors (Lipinski definition) is 17. The average Bonchev–Trinajstić information content (AvgIpc) is 3.33. The summed E-state index contributed by atoms with van der Waals surface area (Å²) in [5.41, 5.74) is 0.937. The molecule has 0 aromatic heterocycles. The maximum Gasteiger partial charge on any atom is 0.311 e. The molecule has 0 amide bonds. The van der Waals surface area contributed by atoms with Crippen LogP contribution in [-0.4, -0.2) is 142 Å². The Bertz CT molecular complexity index is 1550. The molecule has 0 spiro atoms. The number of esters is 2. The second-order valence-corrected chi connectivity index (χ2v) is 12.4. The minimum absolute atomic E-state index is 0.0773. The summed E-state index contributed by atoms with van der Waals surface area (Å²) in [4.78, 5) is 28.0. The van der Waals surface area contributed by atoms with Gasteiger partial charge in [0.2, 0.25) is 5.79 Å². The molecule has 2 aromatic rings. The zero-order valence-electron chi connectivity index (χ0n) is 26.3. The van der Waals surface area contributed by atoms with Crippen LogP contribution >= 0.6 is 0 Å². The van der Waals surface area contributed by atoms with Gasteiger partial charge in [-0.25, -0.2) is 0 Å². The van der Waals surface area contributed by atoms with E-state index < -0.39 is 110 Å². The number of methoxy groups -OCH3 is 2. The van der Waals surface area contributed by atoms with Crippen LogP contribution in [-0.2, 0) is 33.3 Å². The molecule has 2 aromatic carbocycles. The smallest absolute Gasteiger partial charge is 0.311 e. The van der Waals surface area contributed by atoms with Crippen LogP contribution < -0.4 is 9.47 Å². The van der Waals surface area contributed by atoms with E-state index in [1.54, 1.807) is 6.07 Å². The molecule has 3 aliphatic heterocycles. The molecule has 13 unspecified atom stereocenters. The van der Waals surface area contributed by atoms with E-state index in [9.17, 15) is 50.4 Å². The van der Waals surface area contributed by atoms with Crippen molar-refractivity contribution in [2.24, 2.45) is 11.8 Å². The second-order valence-electron chi connectivity index (χ2n) is 12.4. The van der Waals surface area contributed by atoms with E-state index >= 15 is 0 Å². The first-order valence-electron chi connectivity index (χ1n) is 15.5. The van der Waals surface area contributed by atoms with Gasteiger partial charge in [0.1, 0.15) is 49.8 Å². The highest BCUT2D eigenvalue weighted by molar-refractivity contribution is 5.87. The summed E-state index contributed by atoms with van der Waals surface area (Å²) >= 11 is 0. The lowest BCUT2D eigenvalue weighted by molar-refractivity contribution is -0.383. The number of aliphatic hydroxyl groups is 6. The summed E-state index contributed by atoms with van der Waals surface area (Å²) in [6, 6.07) is 8.82. The highest BCUT2D eigenvalue weighted by Crippen LogP contribution is 2.60. The summed E-state index contributed by atoms with van der Waals surface area (Å²) in [5, 5.41) is 83.1. The Morgan fingerprint density at radius 1 is 0.776 bits per heavy atom. The largest absolute Gasteiger partial charge is 0.504 e. The topological polar surface area (TPSA) is 261 Å². The minimum atomic E-state index is -2.45. The third-order valence-electron chi connectivity index (χ3n) is 9.76. The van der Waals surface area contributed by atoms with Gasteiger partial charge in [-0.2, -0.15) is 0 Å². The molecule has 17 heteroatoms. The molecule has 0 radical (unpaired) electrons. The molecule has 13 atom stereocenters. The molecule has 49 heavy (non-hydrogen) atoms. The van der Waals surface area contributed by atoms with Gasteiger partial charge >= 0.3 is 11.9 Å². The Hall–Kier alpha value is -3.78. The number of carbonyl (C=O) groups excluding carboxylic acids is 2. The van der Waals surface area contributed by atoms with Crippen LogP contribution in [0.3, 0.4) is 0 Å². The lowest BCUT2D eigenvalue weighted by Crippen LogP contribution is -2.63. The molecule has 268 valence electrons. The Morgan fingerprint density at radius 3 is 1.88 bits per heavy atom. The number of aromatic hydroxyl groups is 2. The maximum absolute atomic E-state index is 14.2. The number of hydrogen-bond donors (Lipinski definition) is 8. The Labute approximate surface area is 278 Å². The van der Waals surface area contributed by atoms with Crippen LogP contribution in [0, 0.1) is 11.8 Å². The van der Waals surface area contributed by atoms with Crippen molar-refractivity contribution in [1.29, 1.82) is 0 Å². The molecule has 17 nitrogen and oxygen atoms in total. The van der Waals surface area contributed by atoms with Gasteiger partial charge in [-0.05, 0) is 35.4 Å².